The molecule has 3 N–H and O–H groups in total. The van der Waals surface area contributed by atoms with Crippen molar-refractivity contribution in [3.05, 3.63) is 53.1 Å². The van der Waals surface area contributed by atoms with E-state index in [4.69, 9.17) is 5.26 Å². The predicted molar refractivity (Wildman–Crippen MR) is 110 cm³/mol. The van der Waals surface area contributed by atoms with Gasteiger partial charge < -0.3 is 20.5 Å². The van der Waals surface area contributed by atoms with Crippen LogP contribution in [0, 0.1) is 11.3 Å². The lowest BCUT2D eigenvalue weighted by molar-refractivity contribution is -0.126. The van der Waals surface area contributed by atoms with Crippen molar-refractivity contribution >= 4 is 11.9 Å². The molecule has 8 heteroatoms. The van der Waals surface area contributed by atoms with Gasteiger partial charge in [0.05, 0.1) is 35.9 Å². The Labute approximate surface area is 175 Å². The van der Waals surface area contributed by atoms with Gasteiger partial charge in [0.2, 0.25) is 5.91 Å². The molecule has 1 saturated carbocycles. The zero-order chi connectivity index (χ0) is 20.9. The average molecular weight is 406 g/mol. The summed E-state index contributed by atoms with van der Waals surface area (Å²) >= 11 is 0. The number of fused-ring (bicyclic) bond motifs is 1. The molecule has 1 atom stereocenters. The Bertz CT molecular complexity index is 939. The van der Waals surface area contributed by atoms with Gasteiger partial charge >= 0.3 is 6.03 Å². The maximum Gasteiger partial charge on any atom is 0.318 e. The van der Waals surface area contributed by atoms with E-state index in [1.807, 2.05) is 12.1 Å². The first kappa shape index (κ1) is 20.0. The maximum absolute atomic E-state index is 13.0. The number of imidazole rings is 1. The van der Waals surface area contributed by atoms with Crippen LogP contribution in [-0.2, 0) is 24.3 Å². The Morgan fingerprint density at radius 1 is 1.20 bits per heavy atom. The van der Waals surface area contributed by atoms with E-state index >= 15 is 0 Å². The lowest BCUT2D eigenvalue weighted by Gasteiger charge is -2.35. The number of carbonyl (C=O) groups is 2. The smallest absolute Gasteiger partial charge is 0.318 e. The second-order valence-electron chi connectivity index (χ2n) is 7.99. The molecule has 0 bridgehead atoms. The first-order valence-electron chi connectivity index (χ1n) is 10.5. The van der Waals surface area contributed by atoms with E-state index in [1.54, 1.807) is 23.4 Å². The monoisotopic (exact) mass is 406 g/mol. The van der Waals surface area contributed by atoms with Crippen LogP contribution in [0.25, 0.3) is 0 Å². The standard InChI is InChI=1S/C22H26N6O2/c23-11-15-6-8-16(9-7-15)12-24-21(29)20-10-18-19(26-14-25-18)13-28(20)22(30)27-17-4-2-1-3-5-17/h6-9,14,17,20H,1-5,10,12-13H2,(H,24,29)(H,25,26)(H,27,30). The molecule has 0 saturated heterocycles. The topological polar surface area (TPSA) is 114 Å². The predicted octanol–water partition coefficient (Wildman–Crippen LogP) is 2.37. The van der Waals surface area contributed by atoms with Gasteiger partial charge in [0.25, 0.3) is 0 Å². The van der Waals surface area contributed by atoms with Gasteiger partial charge in [-0.1, -0.05) is 31.4 Å². The van der Waals surface area contributed by atoms with Crippen molar-refractivity contribution in [2.75, 3.05) is 0 Å². The largest absolute Gasteiger partial charge is 0.350 e. The van der Waals surface area contributed by atoms with Crippen LogP contribution in [0.3, 0.4) is 0 Å². The van der Waals surface area contributed by atoms with Gasteiger partial charge in [0, 0.05) is 19.0 Å². The van der Waals surface area contributed by atoms with Gasteiger partial charge in [-0.3, -0.25) is 4.79 Å². The molecule has 3 amide bonds. The van der Waals surface area contributed by atoms with E-state index < -0.39 is 6.04 Å². The number of hydrogen-bond acceptors (Lipinski definition) is 4. The maximum atomic E-state index is 13.0. The number of urea groups is 1. The quantitative estimate of drug-likeness (QED) is 0.723. The number of nitrogens with zero attached hydrogens (tertiary/aromatic N) is 3. The Morgan fingerprint density at radius 2 is 1.97 bits per heavy atom. The van der Waals surface area contributed by atoms with Crippen molar-refractivity contribution in [3.8, 4) is 6.07 Å². The minimum Gasteiger partial charge on any atom is -0.350 e. The van der Waals surface area contributed by atoms with E-state index in [1.165, 1.54) is 6.42 Å². The van der Waals surface area contributed by atoms with E-state index in [0.717, 1.165) is 42.6 Å². The summed E-state index contributed by atoms with van der Waals surface area (Å²) in [5.41, 5.74) is 3.19. The average Bonchev–Trinajstić information content (AvgIpc) is 3.25. The highest BCUT2D eigenvalue weighted by atomic mass is 16.2. The Balaban J connectivity index is 1.44. The van der Waals surface area contributed by atoms with Crippen molar-refractivity contribution in [1.29, 1.82) is 5.26 Å². The number of benzene rings is 1. The highest BCUT2D eigenvalue weighted by Crippen LogP contribution is 2.23. The number of H-pyrrole nitrogens is 1. The minimum atomic E-state index is -0.609. The fourth-order valence-corrected chi connectivity index (χ4v) is 4.19. The highest BCUT2D eigenvalue weighted by Gasteiger charge is 2.36. The summed E-state index contributed by atoms with van der Waals surface area (Å²) in [5, 5.41) is 15.0. The zero-order valence-electron chi connectivity index (χ0n) is 16.9. The molecule has 156 valence electrons. The summed E-state index contributed by atoms with van der Waals surface area (Å²) in [6.45, 7) is 0.676. The highest BCUT2D eigenvalue weighted by molar-refractivity contribution is 5.87. The summed E-state index contributed by atoms with van der Waals surface area (Å²) in [5.74, 6) is -0.202. The van der Waals surface area contributed by atoms with Crippen LogP contribution < -0.4 is 10.6 Å². The summed E-state index contributed by atoms with van der Waals surface area (Å²) in [4.78, 5) is 35.0. The first-order valence-corrected chi connectivity index (χ1v) is 10.5. The van der Waals surface area contributed by atoms with Crippen LogP contribution in [0.1, 0.15) is 54.6 Å². The van der Waals surface area contributed by atoms with Crippen molar-refractivity contribution in [3.63, 3.8) is 0 Å². The molecule has 0 spiro atoms. The number of nitrogens with one attached hydrogen (secondary N) is 3. The number of amides is 3. The van der Waals surface area contributed by atoms with E-state index in [9.17, 15) is 9.59 Å². The molecule has 2 heterocycles. The van der Waals surface area contributed by atoms with Crippen molar-refractivity contribution in [2.45, 2.75) is 63.7 Å². The lowest BCUT2D eigenvalue weighted by atomic mass is 9.95. The van der Waals surface area contributed by atoms with Crippen LogP contribution in [0.5, 0.6) is 0 Å². The molecule has 2 aliphatic rings. The molecule has 2 aromatic rings. The summed E-state index contributed by atoms with van der Waals surface area (Å²) in [6.07, 6.45) is 7.45. The minimum absolute atomic E-state index is 0.178. The molecule has 4 rings (SSSR count). The van der Waals surface area contributed by atoms with Gasteiger partial charge in [-0.05, 0) is 30.5 Å². The molecule has 30 heavy (non-hydrogen) atoms. The Hall–Kier alpha value is -3.34. The molecular formula is C22H26N6O2. The molecule has 0 radical (unpaired) electrons. The fraction of sp³-hybridized carbons (Fsp3) is 0.455. The summed E-state index contributed by atoms with van der Waals surface area (Å²) in [7, 11) is 0. The van der Waals surface area contributed by atoms with E-state index in [2.05, 4.69) is 26.7 Å². The Kier molecular flexibility index (Phi) is 5.98. The van der Waals surface area contributed by atoms with E-state index in [-0.39, 0.29) is 18.0 Å². The van der Waals surface area contributed by atoms with Crippen molar-refractivity contribution in [2.24, 2.45) is 0 Å². The lowest BCUT2D eigenvalue weighted by Crippen LogP contribution is -2.56. The third-order valence-corrected chi connectivity index (χ3v) is 5.94. The molecule has 1 fully saturated rings. The van der Waals surface area contributed by atoms with Crippen molar-refractivity contribution in [1.82, 2.24) is 25.5 Å². The van der Waals surface area contributed by atoms with Gasteiger partial charge in [-0.25, -0.2) is 9.78 Å². The van der Waals surface area contributed by atoms with Gasteiger partial charge in [-0.2, -0.15) is 5.26 Å². The zero-order valence-corrected chi connectivity index (χ0v) is 16.9. The first-order chi connectivity index (χ1) is 14.6. The summed E-state index contributed by atoms with van der Waals surface area (Å²) in [6, 6.07) is 8.54. The SMILES string of the molecule is N#Cc1ccc(CNC(=O)C2Cc3nc[nH]c3CN2C(=O)NC2CCCCC2)cc1. The van der Waals surface area contributed by atoms with Crippen molar-refractivity contribution < 1.29 is 9.59 Å². The van der Waals surface area contributed by atoms with Crippen LogP contribution in [0.15, 0.2) is 30.6 Å². The number of aromatic amines is 1. The van der Waals surface area contributed by atoms with Gasteiger partial charge in [-0.15, -0.1) is 0 Å². The number of hydrogen-bond donors (Lipinski definition) is 3. The van der Waals surface area contributed by atoms with Crippen LogP contribution in [0.2, 0.25) is 0 Å². The van der Waals surface area contributed by atoms with E-state index in [0.29, 0.717) is 25.1 Å². The van der Waals surface area contributed by atoms with Gasteiger partial charge in [0.1, 0.15) is 6.04 Å². The third kappa shape index (κ3) is 4.46. The third-order valence-electron chi connectivity index (χ3n) is 5.94. The number of aromatic nitrogens is 2. The normalized spacial score (nSPS) is 18.9. The van der Waals surface area contributed by atoms with Crippen LogP contribution in [0.4, 0.5) is 4.79 Å². The summed E-state index contributed by atoms with van der Waals surface area (Å²) < 4.78 is 0. The van der Waals surface area contributed by atoms with Crippen LogP contribution >= 0.6 is 0 Å². The van der Waals surface area contributed by atoms with Crippen LogP contribution in [-0.4, -0.2) is 38.9 Å². The Morgan fingerprint density at radius 3 is 2.70 bits per heavy atom. The molecule has 1 aliphatic heterocycles. The molecule has 1 aliphatic carbocycles. The second-order valence-corrected chi connectivity index (χ2v) is 7.99. The molecule has 1 unspecified atom stereocenters. The number of rotatable bonds is 4. The molecule has 1 aromatic carbocycles. The molecular weight excluding hydrogens is 380 g/mol. The second kappa shape index (κ2) is 8.99. The molecule has 1 aromatic heterocycles. The number of nitriles is 1. The molecule has 8 nitrogen and oxygen atoms in total. The fourth-order valence-electron chi connectivity index (χ4n) is 4.19. The van der Waals surface area contributed by atoms with Gasteiger partial charge in [0.15, 0.2) is 0 Å². The number of carbonyl (C=O) groups excluding carboxylic acids is 2.